The highest BCUT2D eigenvalue weighted by molar-refractivity contribution is 9.10. The highest BCUT2D eigenvalue weighted by Crippen LogP contribution is 2.38. The fourth-order valence-electron chi connectivity index (χ4n) is 1.36. The number of aliphatic imine (C=N–C) groups is 1. The molecule has 1 aromatic carbocycles. The Morgan fingerprint density at radius 2 is 2.21 bits per heavy atom. The van der Waals surface area contributed by atoms with Crippen LogP contribution in [0.4, 0.5) is 5.69 Å². The summed E-state index contributed by atoms with van der Waals surface area (Å²) in [6.45, 7) is 1.83. The van der Waals surface area contributed by atoms with Crippen molar-refractivity contribution in [1.29, 1.82) is 0 Å². The predicted octanol–water partition coefficient (Wildman–Crippen LogP) is 3.64. The van der Waals surface area contributed by atoms with Crippen LogP contribution in [-0.4, -0.2) is 12.0 Å². The number of benzene rings is 1. The van der Waals surface area contributed by atoms with E-state index in [0.717, 1.165) is 0 Å². The van der Waals surface area contributed by atoms with Crippen LogP contribution in [0.15, 0.2) is 21.6 Å². The number of fused-ring (bicyclic) bond motifs is 1. The maximum Gasteiger partial charge on any atom is 0.173 e. The number of ketones is 1. The first-order chi connectivity index (χ1) is 6.61. The zero-order chi connectivity index (χ0) is 10.3. The third-order valence-corrected chi connectivity index (χ3v) is 3.52. The van der Waals surface area contributed by atoms with Crippen LogP contribution in [-0.2, 0) is 0 Å². The van der Waals surface area contributed by atoms with Crippen LogP contribution in [0.5, 0.6) is 0 Å². The summed E-state index contributed by atoms with van der Waals surface area (Å²) in [4.78, 5) is 15.9. The number of carbonyl (C=O) groups excluding carboxylic acids is 1. The minimum absolute atomic E-state index is 0.0902. The molecule has 0 saturated carbocycles. The first kappa shape index (κ1) is 9.87. The molecule has 0 saturated heterocycles. The third-order valence-electron chi connectivity index (χ3n) is 2.18. The van der Waals surface area contributed by atoms with Gasteiger partial charge in [-0.05, 0) is 28.1 Å². The van der Waals surface area contributed by atoms with Gasteiger partial charge in [-0.2, -0.15) is 0 Å². The summed E-state index contributed by atoms with van der Waals surface area (Å²) < 4.78 is 0.688. The first-order valence-corrected chi connectivity index (χ1v) is 5.34. The van der Waals surface area contributed by atoms with Gasteiger partial charge in [0.05, 0.1) is 21.1 Å². The van der Waals surface area contributed by atoms with Crippen molar-refractivity contribution in [2.24, 2.45) is 10.9 Å². The van der Waals surface area contributed by atoms with Gasteiger partial charge in [-0.1, -0.05) is 18.5 Å². The second-order valence-electron chi connectivity index (χ2n) is 3.19. The summed E-state index contributed by atoms with van der Waals surface area (Å²) >= 11 is 9.21. The van der Waals surface area contributed by atoms with E-state index in [4.69, 9.17) is 11.6 Å². The number of hydrogen-bond acceptors (Lipinski definition) is 2. The summed E-state index contributed by atoms with van der Waals surface area (Å²) in [6.07, 6.45) is 1.64. The van der Waals surface area contributed by atoms with Gasteiger partial charge >= 0.3 is 0 Å². The average Bonchev–Trinajstić information content (AvgIpc) is 2.17. The monoisotopic (exact) mass is 271 g/mol. The van der Waals surface area contributed by atoms with Crippen LogP contribution in [0.2, 0.25) is 5.02 Å². The fourth-order valence-corrected chi connectivity index (χ4v) is 1.96. The van der Waals surface area contributed by atoms with E-state index < -0.39 is 0 Å². The van der Waals surface area contributed by atoms with Crippen molar-refractivity contribution in [1.82, 2.24) is 0 Å². The molecule has 72 valence electrons. The van der Waals surface area contributed by atoms with Crippen molar-refractivity contribution in [3.63, 3.8) is 0 Å². The van der Waals surface area contributed by atoms with Crippen LogP contribution in [0.3, 0.4) is 0 Å². The lowest BCUT2D eigenvalue weighted by atomic mass is 9.96. The van der Waals surface area contributed by atoms with Gasteiger partial charge in [0, 0.05) is 11.8 Å². The molecule has 14 heavy (non-hydrogen) atoms. The van der Waals surface area contributed by atoms with Crippen LogP contribution >= 0.6 is 27.5 Å². The van der Waals surface area contributed by atoms with Gasteiger partial charge in [0.25, 0.3) is 0 Å². The maximum atomic E-state index is 11.7. The summed E-state index contributed by atoms with van der Waals surface area (Å²) in [5.41, 5.74) is 1.27. The standard InChI is InChI=1S/C10H7BrClNO/c1-5-4-13-9-6(10(5)14)2-3-7(12)8(9)11/h2-5H,1H3. The SMILES string of the molecule is CC1C=Nc2c(ccc(Cl)c2Br)C1=O. The predicted molar refractivity (Wildman–Crippen MR) is 60.8 cm³/mol. The topological polar surface area (TPSA) is 29.4 Å². The van der Waals surface area contributed by atoms with Gasteiger partial charge in [0.2, 0.25) is 0 Å². The zero-order valence-corrected chi connectivity index (χ0v) is 9.76. The molecule has 1 unspecified atom stereocenters. The summed E-state index contributed by atoms with van der Waals surface area (Å²) in [6, 6.07) is 3.42. The van der Waals surface area contributed by atoms with E-state index in [-0.39, 0.29) is 11.7 Å². The second kappa shape index (κ2) is 3.48. The second-order valence-corrected chi connectivity index (χ2v) is 4.39. The minimum atomic E-state index is -0.143. The van der Waals surface area contributed by atoms with Gasteiger partial charge in [-0.25, -0.2) is 0 Å². The van der Waals surface area contributed by atoms with Crippen molar-refractivity contribution in [2.75, 3.05) is 0 Å². The highest BCUT2D eigenvalue weighted by atomic mass is 79.9. The lowest BCUT2D eigenvalue weighted by Gasteiger charge is -2.15. The quantitative estimate of drug-likeness (QED) is 0.709. The van der Waals surface area contributed by atoms with Crippen LogP contribution in [0, 0.1) is 5.92 Å². The highest BCUT2D eigenvalue weighted by Gasteiger charge is 2.23. The van der Waals surface area contributed by atoms with Gasteiger partial charge in [-0.15, -0.1) is 0 Å². The van der Waals surface area contributed by atoms with Crippen LogP contribution in [0.25, 0.3) is 0 Å². The molecule has 0 bridgehead atoms. The van der Waals surface area contributed by atoms with Crippen molar-refractivity contribution >= 4 is 45.2 Å². The van der Waals surface area contributed by atoms with E-state index in [9.17, 15) is 4.79 Å². The first-order valence-electron chi connectivity index (χ1n) is 4.17. The van der Waals surface area contributed by atoms with E-state index in [0.29, 0.717) is 20.7 Å². The Hall–Kier alpha value is -0.670. The maximum absolute atomic E-state index is 11.7. The molecule has 1 aromatic rings. The number of carbonyl (C=O) groups is 1. The molecule has 2 rings (SSSR count). The van der Waals surface area contributed by atoms with E-state index in [2.05, 4.69) is 20.9 Å². The number of Topliss-reactive ketones (excluding diaryl/α,β-unsaturated/α-hetero) is 1. The molecular formula is C10H7BrClNO. The summed E-state index contributed by atoms with van der Waals surface area (Å²) in [7, 11) is 0. The van der Waals surface area contributed by atoms with Gasteiger partial charge in [0.1, 0.15) is 0 Å². The van der Waals surface area contributed by atoms with Crippen LogP contribution < -0.4 is 0 Å². The van der Waals surface area contributed by atoms with Crippen molar-refractivity contribution in [3.05, 3.63) is 27.2 Å². The summed E-state index contributed by atoms with van der Waals surface area (Å²) in [5.74, 6) is -0.0528. The van der Waals surface area contributed by atoms with Gasteiger partial charge in [-0.3, -0.25) is 9.79 Å². The Bertz CT molecular complexity index is 442. The Balaban J connectivity index is 2.68. The Kier molecular flexibility index (Phi) is 2.45. The molecule has 0 fully saturated rings. The number of nitrogens with zero attached hydrogens (tertiary/aromatic N) is 1. The lowest BCUT2D eigenvalue weighted by molar-refractivity contribution is 0.0962. The number of halogens is 2. The Labute approximate surface area is 95.1 Å². The van der Waals surface area contributed by atoms with E-state index in [1.54, 1.807) is 18.3 Å². The molecule has 1 aliphatic rings. The fraction of sp³-hybridized carbons (Fsp3) is 0.200. The molecule has 0 N–H and O–H groups in total. The lowest BCUT2D eigenvalue weighted by Crippen LogP contribution is -2.16. The minimum Gasteiger partial charge on any atom is -0.293 e. The smallest absolute Gasteiger partial charge is 0.173 e. The molecule has 0 amide bonds. The Morgan fingerprint density at radius 1 is 1.50 bits per heavy atom. The Morgan fingerprint density at radius 3 is 2.93 bits per heavy atom. The van der Waals surface area contributed by atoms with Crippen LogP contribution in [0.1, 0.15) is 17.3 Å². The molecule has 0 radical (unpaired) electrons. The molecule has 1 atom stereocenters. The molecule has 0 aromatic heterocycles. The largest absolute Gasteiger partial charge is 0.293 e. The molecule has 2 nitrogen and oxygen atoms in total. The van der Waals surface area contributed by atoms with E-state index in [1.807, 2.05) is 6.92 Å². The third kappa shape index (κ3) is 1.41. The van der Waals surface area contributed by atoms with E-state index in [1.165, 1.54) is 0 Å². The molecule has 1 aliphatic heterocycles. The van der Waals surface area contributed by atoms with E-state index >= 15 is 0 Å². The molecule has 1 heterocycles. The molecule has 4 heteroatoms. The number of hydrogen-bond donors (Lipinski definition) is 0. The van der Waals surface area contributed by atoms with Crippen molar-refractivity contribution < 1.29 is 4.79 Å². The van der Waals surface area contributed by atoms with Crippen molar-refractivity contribution in [2.45, 2.75) is 6.92 Å². The summed E-state index contributed by atoms with van der Waals surface area (Å²) in [5, 5.41) is 0.572. The molecule has 0 aliphatic carbocycles. The normalized spacial score (nSPS) is 19.6. The average molecular weight is 273 g/mol. The van der Waals surface area contributed by atoms with Crippen molar-refractivity contribution in [3.8, 4) is 0 Å². The van der Waals surface area contributed by atoms with Gasteiger partial charge in [0.15, 0.2) is 5.78 Å². The number of rotatable bonds is 0. The van der Waals surface area contributed by atoms with Gasteiger partial charge < -0.3 is 0 Å². The molecular weight excluding hydrogens is 265 g/mol. The zero-order valence-electron chi connectivity index (χ0n) is 7.42. The molecule has 0 spiro atoms.